The van der Waals surface area contributed by atoms with Crippen molar-refractivity contribution in [2.75, 3.05) is 13.7 Å². The van der Waals surface area contributed by atoms with Gasteiger partial charge in [0.2, 0.25) is 5.89 Å². The van der Waals surface area contributed by atoms with Crippen LogP contribution in [0.5, 0.6) is 0 Å². The number of ether oxygens (including phenoxy) is 1. The minimum Gasteiger partial charge on any atom is -0.383 e. The Balaban J connectivity index is 1.80. The highest BCUT2D eigenvalue weighted by molar-refractivity contribution is 7.99. The largest absolute Gasteiger partial charge is 0.383 e. The number of nitrogens with zero attached hydrogens (tertiary/aromatic N) is 2. The van der Waals surface area contributed by atoms with Crippen LogP contribution in [0.15, 0.2) is 4.52 Å². The summed E-state index contributed by atoms with van der Waals surface area (Å²) in [4.78, 5) is 4.29. The van der Waals surface area contributed by atoms with Gasteiger partial charge in [0.05, 0.1) is 12.4 Å². The molecule has 17 heavy (non-hydrogen) atoms. The number of aromatic nitrogens is 2. The molecule has 0 saturated heterocycles. The van der Waals surface area contributed by atoms with E-state index in [1.807, 2.05) is 11.8 Å². The summed E-state index contributed by atoms with van der Waals surface area (Å²) >= 11 is 1.92. The van der Waals surface area contributed by atoms with Gasteiger partial charge in [-0.1, -0.05) is 18.0 Å². The monoisotopic (exact) mass is 257 g/mol. The number of rotatable bonds is 6. The molecule has 1 saturated carbocycles. The third-order valence-corrected chi connectivity index (χ3v) is 4.27. The minimum absolute atomic E-state index is 0.322. The summed E-state index contributed by atoms with van der Waals surface area (Å²) in [5.41, 5.74) is 5.81. The standard InChI is InChI=1S/C11H19N3O2S/c1-15-6-9(12)11-13-10(14-16-11)7-17-8-4-2-3-5-8/h8-9H,2-7,12H2,1H3. The first-order valence-corrected chi connectivity index (χ1v) is 7.03. The van der Waals surface area contributed by atoms with E-state index >= 15 is 0 Å². The van der Waals surface area contributed by atoms with Gasteiger partial charge in [0.25, 0.3) is 0 Å². The summed E-state index contributed by atoms with van der Waals surface area (Å²) in [6.07, 6.45) is 5.35. The van der Waals surface area contributed by atoms with Gasteiger partial charge in [-0.05, 0) is 12.8 Å². The van der Waals surface area contributed by atoms with Crippen LogP contribution in [-0.2, 0) is 10.5 Å². The van der Waals surface area contributed by atoms with Gasteiger partial charge in [-0.15, -0.1) is 0 Å². The fourth-order valence-electron chi connectivity index (χ4n) is 1.97. The van der Waals surface area contributed by atoms with Gasteiger partial charge in [0, 0.05) is 12.4 Å². The molecule has 1 aliphatic carbocycles. The van der Waals surface area contributed by atoms with Crippen molar-refractivity contribution in [1.29, 1.82) is 0 Å². The van der Waals surface area contributed by atoms with Gasteiger partial charge < -0.3 is 15.0 Å². The van der Waals surface area contributed by atoms with Crippen LogP contribution in [0, 0.1) is 0 Å². The minimum atomic E-state index is -0.322. The second-order valence-electron chi connectivity index (χ2n) is 4.33. The lowest BCUT2D eigenvalue weighted by Crippen LogP contribution is -2.16. The molecule has 1 unspecified atom stereocenters. The molecule has 1 atom stereocenters. The van der Waals surface area contributed by atoms with Crippen LogP contribution in [0.3, 0.4) is 0 Å². The van der Waals surface area contributed by atoms with E-state index in [0.717, 1.165) is 16.8 Å². The highest BCUT2D eigenvalue weighted by atomic mass is 32.2. The maximum absolute atomic E-state index is 5.81. The van der Waals surface area contributed by atoms with Gasteiger partial charge >= 0.3 is 0 Å². The normalized spacial score (nSPS) is 18.7. The van der Waals surface area contributed by atoms with Crippen LogP contribution in [0.1, 0.15) is 43.4 Å². The second kappa shape index (κ2) is 6.37. The summed E-state index contributed by atoms with van der Waals surface area (Å²) in [5.74, 6) is 2.02. The van der Waals surface area contributed by atoms with Gasteiger partial charge in [0.1, 0.15) is 6.04 Å². The number of hydrogen-bond donors (Lipinski definition) is 1. The number of thioether (sulfide) groups is 1. The molecule has 1 fully saturated rings. The lowest BCUT2D eigenvalue weighted by atomic mass is 10.3. The molecule has 0 spiro atoms. The molecular weight excluding hydrogens is 238 g/mol. The van der Waals surface area contributed by atoms with Gasteiger partial charge in [-0.25, -0.2) is 0 Å². The van der Waals surface area contributed by atoms with Crippen molar-refractivity contribution in [3.8, 4) is 0 Å². The quantitative estimate of drug-likeness (QED) is 0.839. The lowest BCUT2D eigenvalue weighted by molar-refractivity contribution is 0.166. The van der Waals surface area contributed by atoms with E-state index in [0.29, 0.717) is 12.5 Å². The smallest absolute Gasteiger partial charge is 0.245 e. The average Bonchev–Trinajstić information content (AvgIpc) is 2.98. The van der Waals surface area contributed by atoms with Gasteiger partial charge in [0.15, 0.2) is 5.82 Å². The molecule has 1 aromatic rings. The van der Waals surface area contributed by atoms with Crippen molar-refractivity contribution in [2.45, 2.75) is 42.7 Å². The Morgan fingerprint density at radius 1 is 1.53 bits per heavy atom. The maximum atomic E-state index is 5.81. The van der Waals surface area contributed by atoms with Crippen LogP contribution in [0.25, 0.3) is 0 Å². The van der Waals surface area contributed by atoms with Gasteiger partial charge in [-0.2, -0.15) is 16.7 Å². The Kier molecular flexibility index (Phi) is 4.82. The molecule has 0 radical (unpaired) electrons. The first-order valence-electron chi connectivity index (χ1n) is 5.98. The number of methoxy groups -OCH3 is 1. The van der Waals surface area contributed by atoms with Crippen molar-refractivity contribution < 1.29 is 9.26 Å². The first-order chi connectivity index (χ1) is 8.29. The molecule has 2 rings (SSSR count). The summed E-state index contributed by atoms with van der Waals surface area (Å²) in [7, 11) is 1.60. The lowest BCUT2D eigenvalue weighted by Gasteiger charge is -2.05. The summed E-state index contributed by atoms with van der Waals surface area (Å²) in [6, 6.07) is -0.322. The SMILES string of the molecule is COCC(N)c1nc(CSC2CCCC2)no1. The third-order valence-electron chi connectivity index (χ3n) is 2.90. The highest BCUT2D eigenvalue weighted by Gasteiger charge is 2.18. The zero-order valence-electron chi connectivity index (χ0n) is 10.1. The maximum Gasteiger partial charge on any atom is 0.245 e. The predicted molar refractivity (Wildman–Crippen MR) is 66.7 cm³/mol. The van der Waals surface area contributed by atoms with Crippen LogP contribution in [-0.4, -0.2) is 29.1 Å². The summed E-state index contributed by atoms with van der Waals surface area (Å²) in [5, 5.41) is 4.71. The molecule has 1 aromatic heterocycles. The fourth-order valence-corrected chi connectivity index (χ4v) is 3.14. The van der Waals surface area contributed by atoms with Crippen molar-refractivity contribution in [1.82, 2.24) is 10.1 Å². The van der Waals surface area contributed by atoms with Crippen molar-refractivity contribution in [3.63, 3.8) is 0 Å². The van der Waals surface area contributed by atoms with E-state index in [1.54, 1.807) is 7.11 Å². The molecule has 5 nitrogen and oxygen atoms in total. The molecule has 1 aliphatic rings. The summed E-state index contributed by atoms with van der Waals surface area (Å²) in [6.45, 7) is 0.400. The Hall–Kier alpha value is -0.590. The van der Waals surface area contributed by atoms with Crippen molar-refractivity contribution >= 4 is 11.8 Å². The van der Waals surface area contributed by atoms with Crippen LogP contribution in [0.2, 0.25) is 0 Å². The van der Waals surface area contributed by atoms with E-state index in [9.17, 15) is 0 Å². The third kappa shape index (κ3) is 3.69. The molecule has 0 bridgehead atoms. The molecular formula is C11H19N3O2S. The zero-order chi connectivity index (χ0) is 12.1. The van der Waals surface area contributed by atoms with E-state index in [1.165, 1.54) is 25.7 Å². The van der Waals surface area contributed by atoms with Crippen molar-refractivity contribution in [3.05, 3.63) is 11.7 Å². The fraction of sp³-hybridized carbons (Fsp3) is 0.818. The average molecular weight is 257 g/mol. The first kappa shape index (κ1) is 12.9. The Bertz CT molecular complexity index is 339. The Labute approximate surface area is 105 Å². The van der Waals surface area contributed by atoms with E-state index in [4.69, 9.17) is 15.0 Å². The second-order valence-corrected chi connectivity index (χ2v) is 5.62. The molecule has 0 aromatic carbocycles. The van der Waals surface area contributed by atoms with E-state index in [2.05, 4.69) is 10.1 Å². The van der Waals surface area contributed by atoms with Gasteiger partial charge in [-0.3, -0.25) is 0 Å². The zero-order valence-corrected chi connectivity index (χ0v) is 10.9. The van der Waals surface area contributed by atoms with Crippen LogP contribution >= 0.6 is 11.8 Å². The Morgan fingerprint density at radius 3 is 3.00 bits per heavy atom. The molecule has 6 heteroatoms. The molecule has 96 valence electrons. The van der Waals surface area contributed by atoms with Crippen LogP contribution in [0.4, 0.5) is 0 Å². The Morgan fingerprint density at radius 2 is 2.29 bits per heavy atom. The van der Waals surface area contributed by atoms with Crippen molar-refractivity contribution in [2.24, 2.45) is 5.73 Å². The predicted octanol–water partition coefficient (Wildman–Crippen LogP) is 1.89. The number of hydrogen-bond acceptors (Lipinski definition) is 6. The molecule has 0 aliphatic heterocycles. The molecule has 2 N–H and O–H groups in total. The highest BCUT2D eigenvalue weighted by Crippen LogP contribution is 2.31. The van der Waals surface area contributed by atoms with E-state index < -0.39 is 0 Å². The van der Waals surface area contributed by atoms with E-state index in [-0.39, 0.29) is 6.04 Å². The van der Waals surface area contributed by atoms with Crippen LogP contribution < -0.4 is 5.73 Å². The molecule has 1 heterocycles. The summed E-state index contributed by atoms with van der Waals surface area (Å²) < 4.78 is 10.1. The number of nitrogens with two attached hydrogens (primary N) is 1. The topological polar surface area (TPSA) is 74.2 Å². The molecule has 0 amide bonds.